The van der Waals surface area contributed by atoms with Crippen LogP contribution in [0.4, 0.5) is 0 Å². The van der Waals surface area contributed by atoms with Gasteiger partial charge in [0, 0.05) is 20.6 Å². The molecule has 0 fully saturated rings. The normalized spacial score (nSPS) is 10.2. The predicted octanol–water partition coefficient (Wildman–Crippen LogP) is 1.48. The summed E-state index contributed by atoms with van der Waals surface area (Å²) in [6, 6.07) is 6.36. The first-order valence-electron chi connectivity index (χ1n) is 5.47. The van der Waals surface area contributed by atoms with Crippen molar-refractivity contribution in [3.05, 3.63) is 34.9 Å². The highest BCUT2D eigenvalue weighted by Gasteiger charge is 2.03. The molecule has 1 amide bonds. The lowest BCUT2D eigenvalue weighted by molar-refractivity contribution is -0.127. The largest absolute Gasteiger partial charge is 0.348 e. The van der Waals surface area contributed by atoms with Crippen LogP contribution in [0.15, 0.2) is 18.2 Å². The number of hydrogen-bond donors (Lipinski definition) is 1. The number of nitrogens with zero attached hydrogens (tertiary/aromatic N) is 1. The number of carbonyl (C=O) groups excluding carboxylic acids is 1. The monoisotopic (exact) mass is 220 g/mol. The summed E-state index contributed by atoms with van der Waals surface area (Å²) in [5, 5.41) is 3.15. The molecule has 0 heterocycles. The molecule has 1 aromatic carbocycles. The highest BCUT2D eigenvalue weighted by Crippen LogP contribution is 2.09. The highest BCUT2D eigenvalue weighted by atomic mass is 16.2. The fourth-order valence-corrected chi connectivity index (χ4v) is 1.51. The van der Waals surface area contributed by atoms with Crippen LogP contribution in [0.3, 0.4) is 0 Å². The molecule has 16 heavy (non-hydrogen) atoms. The van der Waals surface area contributed by atoms with Crippen LogP contribution in [0.25, 0.3) is 0 Å². The Labute approximate surface area is 97.5 Å². The molecule has 0 radical (unpaired) electrons. The van der Waals surface area contributed by atoms with Gasteiger partial charge in [-0.2, -0.15) is 0 Å². The molecule has 0 aromatic heterocycles. The Morgan fingerprint density at radius 1 is 1.31 bits per heavy atom. The predicted molar refractivity (Wildman–Crippen MR) is 66.3 cm³/mol. The van der Waals surface area contributed by atoms with Crippen LogP contribution < -0.4 is 5.32 Å². The van der Waals surface area contributed by atoms with Crippen molar-refractivity contribution in [1.82, 2.24) is 10.2 Å². The van der Waals surface area contributed by atoms with Crippen molar-refractivity contribution in [3.63, 3.8) is 0 Å². The van der Waals surface area contributed by atoms with Crippen LogP contribution in [0.1, 0.15) is 16.7 Å². The Morgan fingerprint density at radius 3 is 2.56 bits per heavy atom. The minimum Gasteiger partial charge on any atom is -0.348 e. The summed E-state index contributed by atoms with van der Waals surface area (Å²) in [5.41, 5.74) is 3.78. The van der Waals surface area contributed by atoms with Crippen LogP contribution >= 0.6 is 0 Å². The Bertz CT molecular complexity index is 372. The summed E-state index contributed by atoms with van der Waals surface area (Å²) < 4.78 is 0. The topological polar surface area (TPSA) is 32.3 Å². The van der Waals surface area contributed by atoms with Crippen molar-refractivity contribution in [1.29, 1.82) is 0 Å². The molecule has 0 aliphatic heterocycles. The highest BCUT2D eigenvalue weighted by molar-refractivity contribution is 5.77. The first kappa shape index (κ1) is 12.7. The van der Waals surface area contributed by atoms with Gasteiger partial charge in [-0.3, -0.25) is 4.79 Å². The number of aryl methyl sites for hydroxylation is 2. The van der Waals surface area contributed by atoms with Crippen LogP contribution in [0.2, 0.25) is 0 Å². The van der Waals surface area contributed by atoms with Gasteiger partial charge in [-0.25, -0.2) is 0 Å². The van der Waals surface area contributed by atoms with Crippen LogP contribution in [0, 0.1) is 13.8 Å². The lowest BCUT2D eigenvalue weighted by atomic mass is 10.1. The average Bonchev–Trinajstić information content (AvgIpc) is 2.20. The van der Waals surface area contributed by atoms with Gasteiger partial charge in [-0.1, -0.05) is 23.8 Å². The Kier molecular flexibility index (Phi) is 4.50. The second-order valence-electron chi connectivity index (χ2n) is 4.32. The van der Waals surface area contributed by atoms with E-state index in [2.05, 4.69) is 37.4 Å². The van der Waals surface area contributed by atoms with Crippen molar-refractivity contribution < 1.29 is 4.79 Å². The molecule has 0 bridgehead atoms. The average molecular weight is 220 g/mol. The first-order chi connectivity index (χ1) is 7.50. The molecule has 3 nitrogen and oxygen atoms in total. The van der Waals surface area contributed by atoms with Crippen LogP contribution in [-0.2, 0) is 11.3 Å². The van der Waals surface area contributed by atoms with Crippen LogP contribution in [0.5, 0.6) is 0 Å². The number of hydrogen-bond acceptors (Lipinski definition) is 2. The van der Waals surface area contributed by atoms with Gasteiger partial charge < -0.3 is 10.2 Å². The summed E-state index contributed by atoms with van der Waals surface area (Å²) in [4.78, 5) is 12.9. The number of likely N-dealkylation sites (N-methyl/N-ethyl adjacent to an activating group) is 1. The third-order valence-corrected chi connectivity index (χ3v) is 2.59. The molecule has 0 spiro atoms. The molecule has 1 N–H and O–H groups in total. The molecular weight excluding hydrogens is 200 g/mol. The van der Waals surface area contributed by atoms with Crippen LogP contribution in [-0.4, -0.2) is 31.4 Å². The van der Waals surface area contributed by atoms with E-state index in [9.17, 15) is 4.79 Å². The molecule has 0 atom stereocenters. The second kappa shape index (κ2) is 5.66. The van der Waals surface area contributed by atoms with Crippen molar-refractivity contribution in [2.75, 3.05) is 20.6 Å². The number of amides is 1. The molecular formula is C13H20N2O. The fourth-order valence-electron chi connectivity index (χ4n) is 1.51. The molecule has 0 aliphatic carbocycles. The summed E-state index contributed by atoms with van der Waals surface area (Å²) in [5.74, 6) is 0.102. The van der Waals surface area contributed by atoms with Gasteiger partial charge in [0.25, 0.3) is 0 Å². The Hall–Kier alpha value is -1.35. The van der Waals surface area contributed by atoms with Gasteiger partial charge in [-0.15, -0.1) is 0 Å². The summed E-state index contributed by atoms with van der Waals surface area (Å²) in [6.07, 6.45) is 0. The zero-order valence-electron chi connectivity index (χ0n) is 10.5. The van der Waals surface area contributed by atoms with Crippen molar-refractivity contribution in [2.24, 2.45) is 0 Å². The van der Waals surface area contributed by atoms with E-state index in [0.29, 0.717) is 6.54 Å². The third kappa shape index (κ3) is 3.66. The molecule has 88 valence electrons. The van der Waals surface area contributed by atoms with E-state index in [1.807, 2.05) is 0 Å². The summed E-state index contributed by atoms with van der Waals surface area (Å²) >= 11 is 0. The van der Waals surface area contributed by atoms with Crippen molar-refractivity contribution in [3.8, 4) is 0 Å². The molecule has 0 saturated heterocycles. The molecule has 0 saturated carbocycles. The quantitative estimate of drug-likeness (QED) is 0.833. The summed E-state index contributed by atoms with van der Waals surface area (Å²) in [6.45, 7) is 5.31. The minimum atomic E-state index is 0.102. The van der Waals surface area contributed by atoms with Crippen molar-refractivity contribution in [2.45, 2.75) is 20.4 Å². The van der Waals surface area contributed by atoms with Gasteiger partial charge in [0.15, 0.2) is 0 Å². The third-order valence-electron chi connectivity index (χ3n) is 2.59. The van der Waals surface area contributed by atoms with Gasteiger partial charge >= 0.3 is 0 Å². The van der Waals surface area contributed by atoms with Gasteiger partial charge in [-0.05, 0) is 25.0 Å². The van der Waals surface area contributed by atoms with Gasteiger partial charge in [0.2, 0.25) is 5.91 Å². The molecule has 0 unspecified atom stereocenters. The zero-order valence-corrected chi connectivity index (χ0v) is 10.5. The zero-order chi connectivity index (χ0) is 12.1. The first-order valence-corrected chi connectivity index (χ1v) is 5.47. The standard InChI is InChI=1S/C13H20N2O/c1-10-5-6-12(11(2)7-10)8-14-9-13(16)15(3)4/h5-7,14H,8-9H2,1-4H3. The van der Waals surface area contributed by atoms with Gasteiger partial charge in [0.05, 0.1) is 6.54 Å². The van der Waals surface area contributed by atoms with Gasteiger partial charge in [0.1, 0.15) is 0 Å². The second-order valence-corrected chi connectivity index (χ2v) is 4.32. The molecule has 3 heteroatoms. The smallest absolute Gasteiger partial charge is 0.236 e. The van der Waals surface area contributed by atoms with Crippen molar-refractivity contribution >= 4 is 5.91 Å². The molecule has 1 aromatic rings. The minimum absolute atomic E-state index is 0.102. The maximum absolute atomic E-state index is 11.3. The van der Waals surface area contributed by atoms with E-state index >= 15 is 0 Å². The number of nitrogens with one attached hydrogen (secondary N) is 1. The Morgan fingerprint density at radius 2 is 2.00 bits per heavy atom. The van der Waals surface area contributed by atoms with E-state index in [-0.39, 0.29) is 5.91 Å². The number of carbonyl (C=O) groups is 1. The van der Waals surface area contributed by atoms with E-state index in [4.69, 9.17) is 0 Å². The fraction of sp³-hybridized carbons (Fsp3) is 0.462. The van der Waals surface area contributed by atoms with E-state index in [1.165, 1.54) is 16.7 Å². The van der Waals surface area contributed by atoms with E-state index in [1.54, 1.807) is 19.0 Å². The molecule has 0 aliphatic rings. The number of benzene rings is 1. The maximum Gasteiger partial charge on any atom is 0.236 e. The Balaban J connectivity index is 2.46. The number of rotatable bonds is 4. The SMILES string of the molecule is Cc1ccc(CNCC(=O)N(C)C)c(C)c1. The molecule has 1 rings (SSSR count). The van der Waals surface area contributed by atoms with E-state index in [0.717, 1.165) is 6.54 Å². The van der Waals surface area contributed by atoms with E-state index < -0.39 is 0 Å². The maximum atomic E-state index is 11.3. The lowest BCUT2D eigenvalue weighted by Crippen LogP contribution is -2.32. The lowest BCUT2D eigenvalue weighted by Gasteiger charge is -2.12. The summed E-state index contributed by atoms with van der Waals surface area (Å²) in [7, 11) is 3.53.